The van der Waals surface area contributed by atoms with Crippen LogP contribution in [0.2, 0.25) is 0 Å². The van der Waals surface area contributed by atoms with Crippen molar-refractivity contribution in [3.05, 3.63) is 47.0 Å². The standard InChI is InChI=1S/C24H41N2P/c1-7-21-8-10-22(11-9-21)24(5,6)17-23(16-19(2)3)26-14-12-25(13-15-26)18-20(4)27/h8-11,16,20,23H,7,12-15,17-18,27H2,1-6H3. The molecule has 0 aromatic heterocycles. The summed E-state index contributed by atoms with van der Waals surface area (Å²) in [4.78, 5) is 5.32. The molecule has 2 nitrogen and oxygen atoms in total. The molecule has 1 heterocycles. The number of rotatable bonds is 8. The number of piperazine rings is 1. The van der Waals surface area contributed by atoms with Crippen LogP contribution < -0.4 is 0 Å². The molecule has 0 radical (unpaired) electrons. The van der Waals surface area contributed by atoms with E-state index in [4.69, 9.17) is 0 Å². The van der Waals surface area contributed by atoms with Gasteiger partial charge in [0.1, 0.15) is 0 Å². The van der Waals surface area contributed by atoms with Gasteiger partial charge in [-0.3, -0.25) is 4.90 Å². The average molecular weight is 389 g/mol. The maximum atomic E-state index is 2.93. The Balaban J connectivity index is 2.08. The lowest BCUT2D eigenvalue weighted by Gasteiger charge is -2.41. The molecule has 1 aromatic rings. The van der Waals surface area contributed by atoms with E-state index in [1.807, 2.05) is 0 Å². The summed E-state index contributed by atoms with van der Waals surface area (Å²) in [5.41, 5.74) is 5.17. The molecule has 0 amide bonds. The first-order valence-corrected chi connectivity index (χ1v) is 11.3. The monoisotopic (exact) mass is 388 g/mol. The molecular formula is C24H41N2P. The third-order valence-corrected chi connectivity index (χ3v) is 6.02. The van der Waals surface area contributed by atoms with Gasteiger partial charge in [-0.2, -0.15) is 0 Å². The van der Waals surface area contributed by atoms with Gasteiger partial charge in [-0.15, -0.1) is 9.24 Å². The Bertz CT molecular complexity index is 591. The zero-order valence-corrected chi connectivity index (χ0v) is 19.6. The Morgan fingerprint density at radius 3 is 2.19 bits per heavy atom. The van der Waals surface area contributed by atoms with Gasteiger partial charge < -0.3 is 4.90 Å². The van der Waals surface area contributed by atoms with Crippen molar-refractivity contribution in [1.29, 1.82) is 0 Å². The van der Waals surface area contributed by atoms with Crippen LogP contribution in [-0.4, -0.2) is 54.2 Å². The van der Waals surface area contributed by atoms with Crippen LogP contribution in [0.3, 0.4) is 0 Å². The molecule has 0 bridgehead atoms. The minimum Gasteiger partial charge on any atom is -0.300 e. The lowest BCUT2D eigenvalue weighted by atomic mass is 9.78. The van der Waals surface area contributed by atoms with E-state index in [1.165, 1.54) is 55.8 Å². The molecule has 0 spiro atoms. The first-order valence-electron chi connectivity index (χ1n) is 10.7. The number of hydrogen-bond acceptors (Lipinski definition) is 2. The average Bonchev–Trinajstić information content (AvgIpc) is 2.61. The maximum Gasteiger partial charge on any atom is 0.0289 e. The summed E-state index contributed by atoms with van der Waals surface area (Å²) in [5.74, 6) is 0. The van der Waals surface area contributed by atoms with Crippen LogP contribution in [-0.2, 0) is 11.8 Å². The van der Waals surface area contributed by atoms with E-state index in [9.17, 15) is 0 Å². The van der Waals surface area contributed by atoms with Crippen LogP contribution in [0.25, 0.3) is 0 Å². The fourth-order valence-corrected chi connectivity index (χ4v) is 4.49. The van der Waals surface area contributed by atoms with Gasteiger partial charge >= 0.3 is 0 Å². The SMILES string of the molecule is CCc1ccc(C(C)(C)CC(C=C(C)C)N2CCN(CC(C)P)CC2)cc1. The van der Waals surface area contributed by atoms with Gasteiger partial charge in [-0.1, -0.05) is 63.6 Å². The van der Waals surface area contributed by atoms with E-state index in [0.29, 0.717) is 11.7 Å². The van der Waals surface area contributed by atoms with Crippen LogP contribution in [0.4, 0.5) is 0 Å². The van der Waals surface area contributed by atoms with Gasteiger partial charge in [0, 0.05) is 38.8 Å². The lowest BCUT2D eigenvalue weighted by molar-refractivity contribution is 0.101. The molecule has 0 N–H and O–H groups in total. The predicted molar refractivity (Wildman–Crippen MR) is 124 cm³/mol. The summed E-state index contributed by atoms with van der Waals surface area (Å²) in [6.07, 6.45) is 4.78. The third-order valence-electron chi connectivity index (χ3n) is 5.81. The van der Waals surface area contributed by atoms with Crippen molar-refractivity contribution in [2.75, 3.05) is 32.7 Å². The van der Waals surface area contributed by atoms with Crippen LogP contribution in [0, 0.1) is 0 Å². The molecule has 3 atom stereocenters. The van der Waals surface area contributed by atoms with Crippen molar-refractivity contribution in [3.8, 4) is 0 Å². The Hall–Kier alpha value is -0.690. The number of hydrogen-bond donors (Lipinski definition) is 0. The molecule has 1 fully saturated rings. The molecule has 0 aliphatic carbocycles. The normalized spacial score (nSPS) is 18.9. The van der Waals surface area contributed by atoms with E-state index in [-0.39, 0.29) is 5.41 Å². The Morgan fingerprint density at radius 1 is 1.11 bits per heavy atom. The van der Waals surface area contributed by atoms with Crippen LogP contribution >= 0.6 is 9.24 Å². The van der Waals surface area contributed by atoms with Gasteiger partial charge in [0.2, 0.25) is 0 Å². The van der Waals surface area contributed by atoms with Crippen molar-refractivity contribution in [1.82, 2.24) is 9.80 Å². The highest BCUT2D eigenvalue weighted by Gasteiger charge is 2.29. The lowest BCUT2D eigenvalue weighted by Crippen LogP contribution is -2.51. The third kappa shape index (κ3) is 7.00. The van der Waals surface area contributed by atoms with Crippen molar-refractivity contribution in [2.24, 2.45) is 0 Å². The van der Waals surface area contributed by atoms with E-state index in [0.717, 1.165) is 6.42 Å². The van der Waals surface area contributed by atoms with E-state index >= 15 is 0 Å². The summed E-state index contributed by atoms with van der Waals surface area (Å²) in [5, 5.41) is 0. The number of aryl methyl sites for hydroxylation is 1. The summed E-state index contributed by atoms with van der Waals surface area (Å²) >= 11 is 0. The Morgan fingerprint density at radius 2 is 1.70 bits per heavy atom. The highest BCUT2D eigenvalue weighted by Crippen LogP contribution is 2.31. The smallest absolute Gasteiger partial charge is 0.0289 e. The fraction of sp³-hybridized carbons (Fsp3) is 0.667. The second-order valence-corrected chi connectivity index (χ2v) is 10.4. The minimum atomic E-state index is 0.175. The van der Waals surface area contributed by atoms with Crippen LogP contribution in [0.1, 0.15) is 59.1 Å². The molecule has 0 saturated carbocycles. The second-order valence-electron chi connectivity index (χ2n) is 9.26. The zero-order chi connectivity index (χ0) is 20.0. The van der Waals surface area contributed by atoms with Crippen molar-refractivity contribution in [3.63, 3.8) is 0 Å². The molecule has 1 aliphatic rings. The molecule has 27 heavy (non-hydrogen) atoms. The summed E-state index contributed by atoms with van der Waals surface area (Å²) < 4.78 is 0. The molecule has 1 aromatic carbocycles. The first kappa shape index (κ1) is 22.6. The summed E-state index contributed by atoms with van der Waals surface area (Å²) in [6, 6.07) is 9.81. The Kier molecular flexibility index (Phi) is 8.53. The van der Waals surface area contributed by atoms with Crippen molar-refractivity contribution in [2.45, 2.75) is 71.5 Å². The summed E-state index contributed by atoms with van der Waals surface area (Å²) in [6.45, 7) is 19.7. The van der Waals surface area contributed by atoms with Gasteiger partial charge in [0.05, 0.1) is 0 Å². The molecule has 2 rings (SSSR count). The summed E-state index contributed by atoms with van der Waals surface area (Å²) in [7, 11) is 2.93. The number of allylic oxidation sites excluding steroid dienone is 1. The van der Waals surface area contributed by atoms with E-state index < -0.39 is 0 Å². The highest BCUT2D eigenvalue weighted by atomic mass is 31.0. The maximum absolute atomic E-state index is 2.93. The van der Waals surface area contributed by atoms with E-state index in [2.05, 4.69) is 90.9 Å². The van der Waals surface area contributed by atoms with E-state index in [1.54, 1.807) is 0 Å². The highest BCUT2D eigenvalue weighted by molar-refractivity contribution is 7.17. The minimum absolute atomic E-state index is 0.175. The van der Waals surface area contributed by atoms with Crippen LogP contribution in [0.15, 0.2) is 35.9 Å². The second kappa shape index (κ2) is 10.2. The molecular weight excluding hydrogens is 347 g/mol. The van der Waals surface area contributed by atoms with Gasteiger partial charge in [-0.25, -0.2) is 0 Å². The first-order chi connectivity index (χ1) is 12.7. The molecule has 3 unspecified atom stereocenters. The predicted octanol–water partition coefficient (Wildman–Crippen LogP) is 5.13. The van der Waals surface area contributed by atoms with Crippen LogP contribution in [0.5, 0.6) is 0 Å². The molecule has 3 heteroatoms. The molecule has 1 aliphatic heterocycles. The van der Waals surface area contributed by atoms with Gasteiger partial charge in [0.15, 0.2) is 0 Å². The molecule has 152 valence electrons. The Labute approximate surface area is 170 Å². The fourth-order valence-electron chi connectivity index (χ4n) is 4.20. The number of benzene rings is 1. The largest absolute Gasteiger partial charge is 0.300 e. The zero-order valence-electron chi connectivity index (χ0n) is 18.5. The molecule has 1 saturated heterocycles. The van der Waals surface area contributed by atoms with Gasteiger partial charge in [-0.05, 0) is 48.9 Å². The number of nitrogens with zero attached hydrogens (tertiary/aromatic N) is 2. The van der Waals surface area contributed by atoms with Crippen molar-refractivity contribution >= 4 is 9.24 Å². The topological polar surface area (TPSA) is 6.48 Å². The van der Waals surface area contributed by atoms with Crippen molar-refractivity contribution < 1.29 is 0 Å². The quantitative estimate of drug-likeness (QED) is 0.450. The van der Waals surface area contributed by atoms with Gasteiger partial charge in [0.25, 0.3) is 0 Å².